The molecule has 27 heavy (non-hydrogen) atoms. The molecule has 4 N–H and O–H groups in total. The first-order valence-corrected chi connectivity index (χ1v) is 10.1. The summed E-state index contributed by atoms with van der Waals surface area (Å²) in [6.07, 6.45) is 0. The highest BCUT2D eigenvalue weighted by Gasteiger charge is 2.15. The molecule has 8 heteroatoms. The molecule has 2 aromatic rings. The Morgan fingerprint density at radius 2 is 1.70 bits per heavy atom. The van der Waals surface area contributed by atoms with E-state index in [0.717, 1.165) is 0 Å². The van der Waals surface area contributed by atoms with Crippen molar-refractivity contribution in [2.24, 2.45) is 11.7 Å². The Balaban J connectivity index is 2.01. The molecule has 0 fully saturated rings. The number of hydrogen-bond acceptors (Lipinski definition) is 5. The van der Waals surface area contributed by atoms with Crippen LogP contribution in [0.3, 0.4) is 0 Å². The van der Waals surface area contributed by atoms with Gasteiger partial charge in [-0.05, 0) is 54.4 Å². The van der Waals surface area contributed by atoms with Gasteiger partial charge in [0.15, 0.2) is 0 Å². The Hall–Kier alpha value is -2.42. The van der Waals surface area contributed by atoms with Crippen molar-refractivity contribution in [2.45, 2.75) is 18.7 Å². The molecule has 0 aromatic heterocycles. The van der Waals surface area contributed by atoms with E-state index < -0.39 is 10.0 Å². The molecule has 0 aliphatic rings. The second-order valence-electron chi connectivity index (χ2n) is 6.39. The summed E-state index contributed by atoms with van der Waals surface area (Å²) in [6, 6.07) is 12.7. The van der Waals surface area contributed by atoms with E-state index in [4.69, 9.17) is 10.5 Å². The van der Waals surface area contributed by atoms with Crippen molar-refractivity contribution in [1.82, 2.24) is 4.72 Å². The third kappa shape index (κ3) is 6.35. The smallest absolute Gasteiger partial charge is 0.255 e. The average Bonchev–Trinajstić information content (AvgIpc) is 2.66. The third-order valence-electron chi connectivity index (χ3n) is 3.61. The highest BCUT2D eigenvalue weighted by molar-refractivity contribution is 7.89. The topological polar surface area (TPSA) is 111 Å². The Labute approximate surface area is 160 Å². The van der Waals surface area contributed by atoms with Gasteiger partial charge in [0.1, 0.15) is 12.4 Å². The lowest BCUT2D eigenvalue weighted by Gasteiger charge is -2.10. The van der Waals surface area contributed by atoms with E-state index in [1.54, 1.807) is 24.3 Å². The number of carbonyl (C=O) groups is 1. The molecule has 0 radical (unpaired) electrons. The molecule has 0 heterocycles. The van der Waals surface area contributed by atoms with Crippen molar-refractivity contribution in [3.63, 3.8) is 0 Å². The van der Waals surface area contributed by atoms with Gasteiger partial charge in [-0.1, -0.05) is 13.8 Å². The van der Waals surface area contributed by atoms with E-state index in [2.05, 4.69) is 10.0 Å². The number of ether oxygens (including phenoxy) is 1. The Kier molecular flexibility index (Phi) is 7.35. The number of anilines is 1. The number of nitrogens with two attached hydrogens (primary N) is 1. The van der Waals surface area contributed by atoms with Gasteiger partial charge in [-0.3, -0.25) is 4.79 Å². The summed E-state index contributed by atoms with van der Waals surface area (Å²) in [5.41, 5.74) is 6.35. The van der Waals surface area contributed by atoms with E-state index >= 15 is 0 Å². The number of benzene rings is 2. The van der Waals surface area contributed by atoms with Crippen molar-refractivity contribution in [1.29, 1.82) is 0 Å². The third-order valence-corrected chi connectivity index (χ3v) is 5.05. The molecule has 0 saturated carbocycles. The van der Waals surface area contributed by atoms with Gasteiger partial charge in [0.2, 0.25) is 10.0 Å². The Morgan fingerprint density at radius 3 is 2.26 bits per heavy atom. The van der Waals surface area contributed by atoms with Gasteiger partial charge in [-0.15, -0.1) is 0 Å². The SMILES string of the molecule is CC(C)CNS(=O)(=O)c1ccc(C(=O)Nc2ccc(OCCN)cc2)cc1. The highest BCUT2D eigenvalue weighted by Crippen LogP contribution is 2.17. The molecule has 0 aliphatic heterocycles. The zero-order valence-electron chi connectivity index (χ0n) is 15.4. The van der Waals surface area contributed by atoms with E-state index in [1.165, 1.54) is 24.3 Å². The lowest BCUT2D eigenvalue weighted by molar-refractivity contribution is 0.102. The number of hydrogen-bond donors (Lipinski definition) is 3. The van der Waals surface area contributed by atoms with Gasteiger partial charge in [-0.25, -0.2) is 13.1 Å². The van der Waals surface area contributed by atoms with Gasteiger partial charge < -0.3 is 15.8 Å². The molecule has 0 unspecified atom stereocenters. The van der Waals surface area contributed by atoms with Crippen molar-refractivity contribution in [3.8, 4) is 5.75 Å². The summed E-state index contributed by atoms with van der Waals surface area (Å²) < 4.78 is 32.3. The van der Waals surface area contributed by atoms with E-state index in [1.807, 2.05) is 13.8 Å². The van der Waals surface area contributed by atoms with Crippen LogP contribution in [0, 0.1) is 5.92 Å². The van der Waals surface area contributed by atoms with Gasteiger partial charge >= 0.3 is 0 Å². The molecular weight excluding hydrogens is 366 g/mol. The molecular formula is C19H25N3O4S. The van der Waals surface area contributed by atoms with Gasteiger partial charge in [0.25, 0.3) is 5.91 Å². The van der Waals surface area contributed by atoms with Crippen LogP contribution >= 0.6 is 0 Å². The molecule has 2 rings (SSSR count). The zero-order chi connectivity index (χ0) is 19.9. The fourth-order valence-electron chi connectivity index (χ4n) is 2.16. The second kappa shape index (κ2) is 9.50. The molecule has 1 amide bonds. The summed E-state index contributed by atoms with van der Waals surface area (Å²) in [5.74, 6) is 0.545. The van der Waals surface area contributed by atoms with Crippen LogP contribution < -0.4 is 20.5 Å². The van der Waals surface area contributed by atoms with Crippen LogP contribution in [0.25, 0.3) is 0 Å². The van der Waals surface area contributed by atoms with Crippen LogP contribution in [0.15, 0.2) is 53.4 Å². The van der Waals surface area contributed by atoms with Crippen molar-refractivity contribution < 1.29 is 17.9 Å². The Bertz CT molecular complexity index is 848. The summed E-state index contributed by atoms with van der Waals surface area (Å²) in [6.45, 7) is 5.05. The van der Waals surface area contributed by atoms with Crippen molar-refractivity contribution >= 4 is 21.6 Å². The van der Waals surface area contributed by atoms with Crippen molar-refractivity contribution in [3.05, 3.63) is 54.1 Å². The van der Waals surface area contributed by atoms with Crippen LogP contribution in [-0.2, 0) is 10.0 Å². The maximum atomic E-state index is 12.3. The summed E-state index contributed by atoms with van der Waals surface area (Å²) in [4.78, 5) is 12.4. The minimum absolute atomic E-state index is 0.126. The van der Waals surface area contributed by atoms with Crippen LogP contribution in [-0.4, -0.2) is 34.0 Å². The first kappa shape index (κ1) is 20.9. The molecule has 0 spiro atoms. The lowest BCUT2D eigenvalue weighted by atomic mass is 10.2. The van der Waals surface area contributed by atoms with Crippen LogP contribution in [0.5, 0.6) is 5.75 Å². The van der Waals surface area contributed by atoms with E-state index in [-0.39, 0.29) is 16.7 Å². The monoisotopic (exact) mass is 391 g/mol. The summed E-state index contributed by atoms with van der Waals surface area (Å²) in [5, 5.41) is 2.76. The quantitative estimate of drug-likeness (QED) is 0.607. The highest BCUT2D eigenvalue weighted by atomic mass is 32.2. The standard InChI is InChI=1S/C19H25N3O4S/c1-14(2)13-21-27(24,25)18-9-3-15(4-10-18)19(23)22-16-5-7-17(8-6-16)26-12-11-20/h3-10,14,21H,11-13,20H2,1-2H3,(H,22,23). The van der Waals surface area contributed by atoms with Gasteiger partial charge in [0.05, 0.1) is 4.90 Å². The van der Waals surface area contributed by atoms with Crippen LogP contribution in [0.2, 0.25) is 0 Å². The normalized spacial score (nSPS) is 11.4. The number of carbonyl (C=O) groups excluding carboxylic acids is 1. The second-order valence-corrected chi connectivity index (χ2v) is 8.15. The fourth-order valence-corrected chi connectivity index (χ4v) is 3.37. The maximum Gasteiger partial charge on any atom is 0.255 e. The Morgan fingerprint density at radius 1 is 1.07 bits per heavy atom. The molecule has 0 saturated heterocycles. The summed E-state index contributed by atoms with van der Waals surface area (Å²) in [7, 11) is -3.57. The van der Waals surface area contributed by atoms with E-state index in [0.29, 0.717) is 36.7 Å². The average molecular weight is 391 g/mol. The maximum absolute atomic E-state index is 12.3. The minimum atomic E-state index is -3.57. The largest absolute Gasteiger partial charge is 0.492 e. The van der Waals surface area contributed by atoms with Crippen LogP contribution in [0.4, 0.5) is 5.69 Å². The number of rotatable bonds is 9. The first-order valence-electron chi connectivity index (χ1n) is 8.66. The minimum Gasteiger partial charge on any atom is -0.492 e. The van der Waals surface area contributed by atoms with Crippen molar-refractivity contribution in [2.75, 3.05) is 25.0 Å². The summed E-state index contributed by atoms with van der Waals surface area (Å²) >= 11 is 0. The number of sulfonamides is 1. The fraction of sp³-hybridized carbons (Fsp3) is 0.316. The van der Waals surface area contributed by atoms with E-state index in [9.17, 15) is 13.2 Å². The molecule has 0 bridgehead atoms. The number of nitrogens with one attached hydrogen (secondary N) is 2. The lowest BCUT2D eigenvalue weighted by Crippen LogP contribution is -2.27. The molecule has 7 nitrogen and oxygen atoms in total. The predicted molar refractivity (Wildman–Crippen MR) is 105 cm³/mol. The molecule has 2 aromatic carbocycles. The van der Waals surface area contributed by atoms with Crippen LogP contribution in [0.1, 0.15) is 24.2 Å². The van der Waals surface area contributed by atoms with Gasteiger partial charge in [0, 0.05) is 24.3 Å². The molecule has 0 aliphatic carbocycles. The predicted octanol–water partition coefficient (Wildman–Crippen LogP) is 2.21. The molecule has 146 valence electrons. The van der Waals surface area contributed by atoms with Gasteiger partial charge in [-0.2, -0.15) is 0 Å². The number of amides is 1. The first-order chi connectivity index (χ1) is 12.8. The zero-order valence-corrected chi connectivity index (χ0v) is 16.3. The molecule has 0 atom stereocenters.